The van der Waals surface area contributed by atoms with E-state index in [1.807, 2.05) is 0 Å². The molecule has 0 radical (unpaired) electrons. The van der Waals surface area contributed by atoms with Gasteiger partial charge in [-0.25, -0.2) is 4.79 Å². The zero-order valence-corrected chi connectivity index (χ0v) is 14.2. The topological polar surface area (TPSA) is 88.4 Å². The van der Waals surface area contributed by atoms with Gasteiger partial charge in [0.25, 0.3) is 5.56 Å². The maximum Gasteiger partial charge on any atom is 0.329 e. The molecule has 0 aliphatic carbocycles. The number of aromatic nitrogens is 2. The van der Waals surface area contributed by atoms with E-state index >= 15 is 0 Å². The first-order valence-corrected chi connectivity index (χ1v) is 8.39. The van der Waals surface area contributed by atoms with Crippen LogP contribution >= 0.6 is 0 Å². The summed E-state index contributed by atoms with van der Waals surface area (Å²) in [6.07, 6.45) is 0.867. The first kappa shape index (κ1) is 17.9. The fourth-order valence-electron chi connectivity index (χ4n) is 2.71. The lowest BCUT2D eigenvalue weighted by atomic mass is 10.2. The third kappa shape index (κ3) is 4.32. The van der Waals surface area contributed by atoms with Gasteiger partial charge in [-0.1, -0.05) is 12.1 Å². The normalized spacial score (nSPS) is 11.1. The molecule has 0 unspecified atom stereocenters. The second-order valence-electron chi connectivity index (χ2n) is 5.78. The third-order valence-corrected chi connectivity index (χ3v) is 4.22. The molecule has 0 fully saturated rings. The van der Waals surface area contributed by atoms with Gasteiger partial charge in [-0.15, -0.1) is 0 Å². The van der Waals surface area contributed by atoms with Crippen LogP contribution in [0.15, 0.2) is 33.9 Å². The second kappa shape index (κ2) is 8.44. The van der Waals surface area contributed by atoms with E-state index < -0.39 is 11.2 Å². The molecule has 3 N–H and O–H groups in total. The average Bonchev–Trinajstić information content (AvgIpc) is 2.59. The summed E-state index contributed by atoms with van der Waals surface area (Å²) in [4.78, 5) is 40.5. The highest BCUT2D eigenvalue weighted by molar-refractivity contribution is 5.78. The van der Waals surface area contributed by atoms with Crippen molar-refractivity contribution >= 4 is 16.8 Å². The predicted molar refractivity (Wildman–Crippen MR) is 93.4 cm³/mol. The molecule has 0 aliphatic rings. The largest absolute Gasteiger partial charge is 0.354 e. The Morgan fingerprint density at radius 1 is 1.21 bits per heavy atom. The number of benzene rings is 1. The van der Waals surface area contributed by atoms with Gasteiger partial charge in [0.2, 0.25) is 5.91 Å². The number of carbonyl (C=O) groups excluding carboxylic acids is 1. The zero-order chi connectivity index (χ0) is 17.5. The number of hydrogen-bond acceptors (Lipinski definition) is 3. The summed E-state index contributed by atoms with van der Waals surface area (Å²) >= 11 is 0. The summed E-state index contributed by atoms with van der Waals surface area (Å²) in [6.45, 7) is 7.66. The summed E-state index contributed by atoms with van der Waals surface area (Å²) in [5, 5.41) is 3.17. The quantitative estimate of drug-likeness (QED) is 0.548. The van der Waals surface area contributed by atoms with Crippen molar-refractivity contribution in [2.75, 3.05) is 26.2 Å². The Labute approximate surface area is 140 Å². The Morgan fingerprint density at radius 2 is 1.92 bits per heavy atom. The Kier molecular flexibility index (Phi) is 6.31. The van der Waals surface area contributed by atoms with Crippen molar-refractivity contribution in [3.63, 3.8) is 0 Å². The van der Waals surface area contributed by atoms with Gasteiger partial charge in [0.1, 0.15) is 6.54 Å². The summed E-state index contributed by atoms with van der Waals surface area (Å²) in [5.41, 5.74) is -0.537. The number of fused-ring (bicyclic) bond motifs is 1. The highest BCUT2D eigenvalue weighted by Crippen LogP contribution is 2.02. The summed E-state index contributed by atoms with van der Waals surface area (Å²) in [6, 6.07) is 6.77. The summed E-state index contributed by atoms with van der Waals surface area (Å²) < 4.78 is 0.938. The van der Waals surface area contributed by atoms with Gasteiger partial charge in [-0.2, -0.15) is 0 Å². The molecule has 7 heteroatoms. The van der Waals surface area contributed by atoms with Crippen molar-refractivity contribution in [3.05, 3.63) is 45.1 Å². The molecule has 0 saturated carbocycles. The maximum absolute atomic E-state index is 12.3. The Balaban J connectivity index is 1.98. The molecular formula is C17H25N4O3+. The van der Waals surface area contributed by atoms with Crippen molar-refractivity contribution in [1.82, 2.24) is 14.9 Å². The number of rotatable bonds is 8. The Bertz CT molecular complexity index is 805. The number of quaternary nitrogens is 1. The fraction of sp³-hybridized carbons (Fsp3) is 0.471. The number of nitrogens with one attached hydrogen (secondary N) is 3. The number of hydrogen-bond donors (Lipinski definition) is 3. The van der Waals surface area contributed by atoms with E-state index in [0.29, 0.717) is 17.4 Å². The van der Waals surface area contributed by atoms with Crippen molar-refractivity contribution in [2.24, 2.45) is 0 Å². The molecule has 0 saturated heterocycles. The molecular weight excluding hydrogens is 308 g/mol. The molecule has 0 bridgehead atoms. The van der Waals surface area contributed by atoms with Crippen LogP contribution in [0.2, 0.25) is 0 Å². The highest BCUT2D eigenvalue weighted by atomic mass is 16.2. The van der Waals surface area contributed by atoms with E-state index in [2.05, 4.69) is 24.1 Å². The van der Waals surface area contributed by atoms with E-state index in [1.165, 1.54) is 4.90 Å². The van der Waals surface area contributed by atoms with Gasteiger partial charge in [0.15, 0.2) is 0 Å². The molecule has 7 nitrogen and oxygen atoms in total. The minimum atomic E-state index is -0.568. The third-order valence-electron chi connectivity index (χ3n) is 4.22. The van der Waals surface area contributed by atoms with E-state index in [9.17, 15) is 14.4 Å². The Hall–Kier alpha value is -2.41. The second-order valence-corrected chi connectivity index (χ2v) is 5.78. The van der Waals surface area contributed by atoms with Crippen LogP contribution in [0.4, 0.5) is 0 Å². The molecule has 130 valence electrons. The molecule has 1 heterocycles. The van der Waals surface area contributed by atoms with Crippen molar-refractivity contribution in [1.29, 1.82) is 0 Å². The van der Waals surface area contributed by atoms with Crippen LogP contribution in [0.1, 0.15) is 20.3 Å². The predicted octanol–water partition coefficient (Wildman–Crippen LogP) is -0.879. The van der Waals surface area contributed by atoms with Crippen LogP contribution in [-0.2, 0) is 11.3 Å². The Morgan fingerprint density at radius 3 is 2.62 bits per heavy atom. The van der Waals surface area contributed by atoms with Gasteiger partial charge in [0, 0.05) is 13.0 Å². The highest BCUT2D eigenvalue weighted by Gasteiger charge is 2.11. The van der Waals surface area contributed by atoms with Crippen LogP contribution in [0.25, 0.3) is 10.9 Å². The minimum Gasteiger partial charge on any atom is -0.354 e. The molecule has 1 aromatic heterocycles. The van der Waals surface area contributed by atoms with E-state index in [-0.39, 0.29) is 12.5 Å². The van der Waals surface area contributed by atoms with Gasteiger partial charge in [-0.05, 0) is 26.0 Å². The number of amides is 1. The van der Waals surface area contributed by atoms with Crippen LogP contribution < -0.4 is 21.5 Å². The lowest BCUT2D eigenvalue weighted by molar-refractivity contribution is -0.896. The lowest BCUT2D eigenvalue weighted by Crippen LogP contribution is -3.11. The molecule has 24 heavy (non-hydrogen) atoms. The summed E-state index contributed by atoms with van der Waals surface area (Å²) in [7, 11) is 0. The molecule has 0 atom stereocenters. The first-order valence-electron chi connectivity index (χ1n) is 8.39. The maximum atomic E-state index is 12.3. The van der Waals surface area contributed by atoms with E-state index in [1.54, 1.807) is 24.3 Å². The summed E-state index contributed by atoms with van der Waals surface area (Å²) in [5.74, 6) is -0.326. The molecule has 2 rings (SSSR count). The van der Waals surface area contributed by atoms with Crippen LogP contribution in [0.3, 0.4) is 0 Å². The van der Waals surface area contributed by atoms with Gasteiger partial charge in [0.05, 0.1) is 30.5 Å². The van der Waals surface area contributed by atoms with E-state index in [4.69, 9.17) is 0 Å². The smallest absolute Gasteiger partial charge is 0.329 e. The average molecular weight is 333 g/mol. The van der Waals surface area contributed by atoms with Gasteiger partial charge < -0.3 is 15.2 Å². The minimum absolute atomic E-state index is 0.267. The fourth-order valence-corrected chi connectivity index (χ4v) is 2.71. The molecule has 1 aromatic carbocycles. The molecule has 2 aromatic rings. The monoisotopic (exact) mass is 333 g/mol. The van der Waals surface area contributed by atoms with Crippen LogP contribution in [-0.4, -0.2) is 41.6 Å². The van der Waals surface area contributed by atoms with Gasteiger partial charge >= 0.3 is 5.69 Å². The lowest BCUT2D eigenvalue weighted by Gasteiger charge is -2.15. The number of aromatic amines is 1. The number of H-pyrrole nitrogens is 1. The van der Waals surface area contributed by atoms with Crippen molar-refractivity contribution in [3.8, 4) is 0 Å². The van der Waals surface area contributed by atoms with Crippen molar-refractivity contribution in [2.45, 2.75) is 26.8 Å². The molecule has 0 aliphatic heterocycles. The first-order chi connectivity index (χ1) is 11.6. The van der Waals surface area contributed by atoms with Crippen molar-refractivity contribution < 1.29 is 9.69 Å². The standard InChI is InChI=1S/C17H24N4O3/c1-3-20(4-2)11-7-10-18-15(22)12-21-16(23)13-8-5-6-9-14(13)19-17(21)24/h5-6,8-9H,3-4,7,10-12H2,1-2H3,(H,18,22)(H,19,24)/p+1. The van der Waals surface area contributed by atoms with Crippen LogP contribution in [0, 0.1) is 0 Å². The number of carbonyl (C=O) groups is 1. The SMILES string of the molecule is CC[NH+](CC)CCCNC(=O)Cn1c(=O)[nH]c2ccccc2c1=O. The van der Waals surface area contributed by atoms with Crippen LogP contribution in [0.5, 0.6) is 0 Å². The molecule has 0 spiro atoms. The van der Waals surface area contributed by atoms with Gasteiger partial charge in [-0.3, -0.25) is 14.2 Å². The molecule has 1 amide bonds. The van der Waals surface area contributed by atoms with E-state index in [0.717, 1.165) is 30.6 Å². The zero-order valence-electron chi connectivity index (χ0n) is 14.2. The number of para-hydroxylation sites is 1. The number of nitrogens with zero attached hydrogens (tertiary/aromatic N) is 1.